The first kappa shape index (κ1) is 37.1. The van der Waals surface area contributed by atoms with Crippen molar-refractivity contribution >= 4 is 52.6 Å². The van der Waals surface area contributed by atoms with E-state index in [1.807, 2.05) is 79.7 Å². The summed E-state index contributed by atoms with van der Waals surface area (Å²) in [5.74, 6) is 0.673. The zero-order valence-electron chi connectivity index (χ0n) is 29.7. The molecule has 1 aliphatic carbocycles. The second-order valence-corrected chi connectivity index (χ2v) is 13.3. The van der Waals surface area contributed by atoms with Gasteiger partial charge < -0.3 is 25.6 Å². The summed E-state index contributed by atoms with van der Waals surface area (Å²) in [6.45, 7) is 1.95. The predicted octanol–water partition coefficient (Wildman–Crippen LogP) is 7.55. The number of hydrogen-bond donors (Lipinski definition) is 4. The molecule has 2 amide bonds. The monoisotopic (exact) mass is 730 g/mol. The van der Waals surface area contributed by atoms with Gasteiger partial charge in [0.25, 0.3) is 11.8 Å². The van der Waals surface area contributed by atoms with E-state index in [0.29, 0.717) is 34.8 Å². The van der Waals surface area contributed by atoms with Gasteiger partial charge in [-0.1, -0.05) is 55.7 Å². The summed E-state index contributed by atoms with van der Waals surface area (Å²) in [5.41, 5.74) is 6.67. The number of halogens is 1. The van der Waals surface area contributed by atoms with Crippen LogP contribution in [0.15, 0.2) is 104 Å². The van der Waals surface area contributed by atoms with Gasteiger partial charge in [0, 0.05) is 54.1 Å². The molecule has 3 aromatic carbocycles. The molecule has 3 heterocycles. The molecule has 1 aliphatic rings. The summed E-state index contributed by atoms with van der Waals surface area (Å²) in [5, 5.41) is 21.0. The fourth-order valence-electron chi connectivity index (χ4n) is 7.04. The maximum atomic E-state index is 14.1. The Kier molecular flexibility index (Phi) is 11.8. The number of nitrogens with one attached hydrogen (secondary N) is 3. The van der Waals surface area contributed by atoms with Gasteiger partial charge in [0.2, 0.25) is 5.95 Å². The molecular formula is C41H43ClN8O3. The van der Waals surface area contributed by atoms with E-state index >= 15 is 0 Å². The molecular weight excluding hydrogens is 688 g/mol. The largest absolute Gasteiger partial charge is 0.381 e. The van der Waals surface area contributed by atoms with E-state index in [4.69, 9.17) is 4.98 Å². The van der Waals surface area contributed by atoms with Crippen LogP contribution in [0.3, 0.4) is 0 Å². The highest BCUT2D eigenvalue weighted by Crippen LogP contribution is 2.38. The van der Waals surface area contributed by atoms with Crippen molar-refractivity contribution in [2.24, 2.45) is 0 Å². The van der Waals surface area contributed by atoms with Gasteiger partial charge in [-0.05, 0) is 85.8 Å². The standard InChI is InChI=1S/C41H42N8O3.ClH/c1-26-15-17-31(24-33(26)48-41-44-21-19-32(47-41)30-14-9-20-43-25-30)45-40(52)37(50)36(22-27-10-5-3-6-11-27)49-35-18-16-29(39(51)42-2)23-34(35)46-38(49)28-12-7-4-8-13-28;/h3,5-6,9-11,14-21,23-25,28,36-37,50H,4,7-8,12-13,22H2,1-2H3,(H,42,51)(H,45,52)(H,44,47,48);1H. The average molecular weight is 731 g/mol. The molecule has 12 heteroatoms. The van der Waals surface area contributed by atoms with E-state index < -0.39 is 18.1 Å². The number of pyridine rings is 1. The topological polar surface area (TPSA) is 147 Å². The van der Waals surface area contributed by atoms with Gasteiger partial charge >= 0.3 is 0 Å². The Morgan fingerprint density at radius 1 is 0.925 bits per heavy atom. The third kappa shape index (κ3) is 8.37. The van der Waals surface area contributed by atoms with Crippen LogP contribution in [-0.4, -0.2) is 54.6 Å². The van der Waals surface area contributed by atoms with E-state index in [2.05, 4.69) is 35.5 Å². The van der Waals surface area contributed by atoms with Gasteiger partial charge in [-0.2, -0.15) is 0 Å². The Balaban J connectivity index is 0.00000481. The van der Waals surface area contributed by atoms with Crippen molar-refractivity contribution in [3.63, 3.8) is 0 Å². The van der Waals surface area contributed by atoms with Crippen LogP contribution in [0.1, 0.15) is 71.4 Å². The minimum Gasteiger partial charge on any atom is -0.381 e. The number of fused-ring (bicyclic) bond motifs is 1. The number of imidazole rings is 1. The first-order valence-corrected chi connectivity index (χ1v) is 17.8. The van der Waals surface area contributed by atoms with Gasteiger partial charge in [0.1, 0.15) is 5.82 Å². The van der Waals surface area contributed by atoms with Crippen molar-refractivity contribution in [2.45, 2.75) is 63.5 Å². The molecule has 53 heavy (non-hydrogen) atoms. The predicted molar refractivity (Wildman–Crippen MR) is 210 cm³/mol. The molecule has 11 nitrogen and oxygen atoms in total. The molecule has 4 N–H and O–H groups in total. The number of hydrogen-bond acceptors (Lipinski definition) is 8. The zero-order valence-corrected chi connectivity index (χ0v) is 30.5. The van der Waals surface area contributed by atoms with Gasteiger partial charge in [-0.3, -0.25) is 14.6 Å². The maximum absolute atomic E-state index is 14.1. The summed E-state index contributed by atoms with van der Waals surface area (Å²) in [7, 11) is 1.60. The zero-order chi connectivity index (χ0) is 36.0. The van der Waals surface area contributed by atoms with Crippen molar-refractivity contribution in [3.8, 4) is 11.3 Å². The molecule has 1 fully saturated rings. The van der Waals surface area contributed by atoms with Crippen LogP contribution in [-0.2, 0) is 11.2 Å². The number of amides is 2. The van der Waals surface area contributed by atoms with Crippen LogP contribution in [0.4, 0.5) is 17.3 Å². The SMILES string of the molecule is CNC(=O)c1ccc2c(c1)nc(C1CCCCC1)n2C(Cc1ccccc1)C(O)C(=O)Nc1ccc(C)c(Nc2nccc(-c3cccnc3)n2)c1.Cl. The average Bonchev–Trinajstić information content (AvgIpc) is 3.57. The van der Waals surface area contributed by atoms with Crippen LogP contribution < -0.4 is 16.0 Å². The lowest BCUT2D eigenvalue weighted by Gasteiger charge is -2.30. The number of aliphatic hydroxyl groups is 1. The molecule has 0 spiro atoms. The van der Waals surface area contributed by atoms with E-state index in [1.54, 1.807) is 37.8 Å². The van der Waals surface area contributed by atoms with E-state index in [9.17, 15) is 14.7 Å². The fourth-order valence-corrected chi connectivity index (χ4v) is 7.04. The Hall–Kier alpha value is -5.65. The molecule has 272 valence electrons. The number of benzene rings is 3. The van der Waals surface area contributed by atoms with Gasteiger partial charge in [0.05, 0.1) is 22.8 Å². The van der Waals surface area contributed by atoms with Crippen LogP contribution in [0, 0.1) is 6.92 Å². The number of anilines is 3. The lowest BCUT2D eigenvalue weighted by atomic mass is 9.88. The molecule has 7 rings (SSSR count). The number of aryl methyl sites for hydroxylation is 1. The van der Waals surface area contributed by atoms with Crippen molar-refractivity contribution < 1.29 is 14.7 Å². The third-order valence-electron chi connectivity index (χ3n) is 9.79. The number of aliphatic hydroxyl groups excluding tert-OH is 1. The third-order valence-corrected chi connectivity index (χ3v) is 9.79. The van der Waals surface area contributed by atoms with Crippen molar-refractivity contribution in [1.82, 2.24) is 29.8 Å². The Bertz CT molecular complexity index is 2190. The first-order chi connectivity index (χ1) is 25.4. The van der Waals surface area contributed by atoms with E-state index in [-0.39, 0.29) is 24.2 Å². The number of nitrogens with zero attached hydrogens (tertiary/aromatic N) is 5. The number of carbonyl (C=O) groups excluding carboxylic acids is 2. The molecule has 2 unspecified atom stereocenters. The highest BCUT2D eigenvalue weighted by molar-refractivity contribution is 5.98. The van der Waals surface area contributed by atoms with Crippen LogP contribution in [0.25, 0.3) is 22.3 Å². The molecule has 1 saturated carbocycles. The van der Waals surface area contributed by atoms with E-state index in [0.717, 1.165) is 59.4 Å². The summed E-state index contributed by atoms with van der Waals surface area (Å²) in [6, 6.07) is 25.8. The molecule has 0 aliphatic heterocycles. The minimum atomic E-state index is -1.43. The Morgan fingerprint density at radius 3 is 2.49 bits per heavy atom. The van der Waals surface area contributed by atoms with Crippen molar-refractivity contribution in [3.05, 3.63) is 126 Å². The number of rotatable bonds is 11. The lowest BCUT2D eigenvalue weighted by molar-refractivity contribution is -0.126. The van der Waals surface area contributed by atoms with Crippen LogP contribution in [0.2, 0.25) is 0 Å². The summed E-state index contributed by atoms with van der Waals surface area (Å²) < 4.78 is 2.06. The quantitative estimate of drug-likeness (QED) is 0.107. The highest BCUT2D eigenvalue weighted by atomic mass is 35.5. The van der Waals surface area contributed by atoms with Crippen LogP contribution in [0.5, 0.6) is 0 Å². The van der Waals surface area contributed by atoms with Crippen molar-refractivity contribution in [1.29, 1.82) is 0 Å². The second-order valence-electron chi connectivity index (χ2n) is 13.3. The second kappa shape index (κ2) is 16.8. The lowest BCUT2D eigenvalue weighted by Crippen LogP contribution is -2.38. The smallest absolute Gasteiger partial charge is 0.255 e. The molecule has 3 aromatic heterocycles. The van der Waals surface area contributed by atoms with Gasteiger partial charge in [0.15, 0.2) is 6.10 Å². The number of aromatic nitrogens is 5. The Morgan fingerprint density at radius 2 is 1.74 bits per heavy atom. The Labute approximate surface area is 314 Å². The molecule has 0 saturated heterocycles. The fraction of sp³-hybridized carbons (Fsp3) is 0.268. The van der Waals surface area contributed by atoms with Crippen LogP contribution >= 0.6 is 12.4 Å². The normalized spacial score (nSPS) is 14.2. The summed E-state index contributed by atoms with van der Waals surface area (Å²) in [4.78, 5) is 45.0. The molecule has 6 aromatic rings. The summed E-state index contributed by atoms with van der Waals surface area (Å²) in [6.07, 6.45) is 9.40. The van der Waals surface area contributed by atoms with Gasteiger partial charge in [-0.25, -0.2) is 15.0 Å². The first-order valence-electron chi connectivity index (χ1n) is 17.8. The summed E-state index contributed by atoms with van der Waals surface area (Å²) >= 11 is 0. The maximum Gasteiger partial charge on any atom is 0.255 e. The van der Waals surface area contributed by atoms with Gasteiger partial charge in [-0.15, -0.1) is 12.4 Å². The number of carbonyl (C=O) groups is 2. The van der Waals surface area contributed by atoms with E-state index in [1.165, 1.54) is 6.42 Å². The minimum absolute atomic E-state index is 0. The van der Waals surface area contributed by atoms with Crippen molar-refractivity contribution in [2.75, 3.05) is 17.7 Å². The molecule has 2 atom stereocenters. The molecule has 0 bridgehead atoms. The highest BCUT2D eigenvalue weighted by Gasteiger charge is 2.34. The molecule has 0 radical (unpaired) electrons.